The van der Waals surface area contributed by atoms with Crippen molar-refractivity contribution in [2.75, 3.05) is 39.9 Å². The molecule has 0 bridgehead atoms. The molecule has 22 heavy (non-hydrogen) atoms. The molecular weight excluding hydrogens is 278 g/mol. The van der Waals surface area contributed by atoms with Crippen molar-refractivity contribution >= 4 is 5.91 Å². The van der Waals surface area contributed by atoms with Crippen LogP contribution >= 0.6 is 0 Å². The van der Waals surface area contributed by atoms with Crippen molar-refractivity contribution in [3.63, 3.8) is 0 Å². The minimum Gasteiger partial charge on any atom is -0.383 e. The Labute approximate surface area is 132 Å². The fourth-order valence-corrected chi connectivity index (χ4v) is 3.94. The average molecular weight is 303 g/mol. The van der Waals surface area contributed by atoms with E-state index in [1.165, 1.54) is 19.3 Å². The highest BCUT2D eigenvalue weighted by Crippen LogP contribution is 2.37. The van der Waals surface area contributed by atoms with E-state index in [0.717, 1.165) is 39.2 Å². The summed E-state index contributed by atoms with van der Waals surface area (Å²) in [6.45, 7) is 4.51. The number of likely N-dealkylation sites (tertiary alicyclic amines) is 2. The first kappa shape index (κ1) is 15.4. The number of pyridine rings is 1. The second-order valence-corrected chi connectivity index (χ2v) is 6.35. The lowest BCUT2D eigenvalue weighted by molar-refractivity contribution is 0.0227. The quantitative estimate of drug-likeness (QED) is 0.851. The number of carbonyl (C=O) groups excluding carboxylic acids is 1. The van der Waals surface area contributed by atoms with Gasteiger partial charge in [-0.3, -0.25) is 14.7 Å². The molecule has 5 heteroatoms. The Morgan fingerprint density at radius 3 is 2.86 bits per heavy atom. The summed E-state index contributed by atoms with van der Waals surface area (Å²) in [7, 11) is 1.75. The summed E-state index contributed by atoms with van der Waals surface area (Å²) >= 11 is 0. The molecule has 0 aliphatic carbocycles. The second kappa shape index (κ2) is 6.75. The predicted octanol–water partition coefficient (Wildman–Crippen LogP) is 1.80. The maximum Gasteiger partial charge on any atom is 0.272 e. The third-order valence-electron chi connectivity index (χ3n) is 5.03. The largest absolute Gasteiger partial charge is 0.383 e. The number of amides is 1. The van der Waals surface area contributed by atoms with E-state index < -0.39 is 0 Å². The smallest absolute Gasteiger partial charge is 0.272 e. The SMILES string of the molecule is COCCN1CCCC12CCCN(C(=O)c1ccccn1)C2. The fraction of sp³-hybridized carbons (Fsp3) is 0.647. The minimum atomic E-state index is 0.0678. The second-order valence-electron chi connectivity index (χ2n) is 6.35. The van der Waals surface area contributed by atoms with Gasteiger partial charge in [0.1, 0.15) is 5.69 Å². The van der Waals surface area contributed by atoms with Crippen LogP contribution in [0.25, 0.3) is 0 Å². The number of rotatable bonds is 4. The van der Waals surface area contributed by atoms with Gasteiger partial charge in [-0.15, -0.1) is 0 Å². The molecule has 1 atom stereocenters. The topological polar surface area (TPSA) is 45.7 Å². The van der Waals surface area contributed by atoms with Gasteiger partial charge in [0, 0.05) is 38.5 Å². The van der Waals surface area contributed by atoms with E-state index >= 15 is 0 Å². The number of aromatic nitrogens is 1. The van der Waals surface area contributed by atoms with Crippen LogP contribution in [0.2, 0.25) is 0 Å². The van der Waals surface area contributed by atoms with Gasteiger partial charge in [-0.25, -0.2) is 0 Å². The molecule has 0 N–H and O–H groups in total. The first-order valence-corrected chi connectivity index (χ1v) is 8.19. The van der Waals surface area contributed by atoms with Crippen LogP contribution in [0.5, 0.6) is 0 Å². The van der Waals surface area contributed by atoms with E-state index in [0.29, 0.717) is 5.69 Å². The Balaban J connectivity index is 1.72. The Kier molecular flexibility index (Phi) is 4.74. The molecule has 2 aliphatic heterocycles. The molecule has 120 valence electrons. The zero-order valence-electron chi connectivity index (χ0n) is 13.3. The lowest BCUT2D eigenvalue weighted by Gasteiger charge is -2.46. The number of carbonyl (C=O) groups is 1. The van der Waals surface area contributed by atoms with E-state index in [2.05, 4.69) is 9.88 Å². The van der Waals surface area contributed by atoms with Crippen molar-refractivity contribution in [3.05, 3.63) is 30.1 Å². The zero-order chi connectivity index (χ0) is 15.4. The van der Waals surface area contributed by atoms with Gasteiger partial charge in [-0.05, 0) is 44.4 Å². The minimum absolute atomic E-state index is 0.0678. The standard InChI is InChI=1S/C17H25N3O2/c1-22-13-12-20-11-5-8-17(20)7-4-10-19(14-17)16(21)15-6-2-3-9-18-15/h2-3,6,9H,4-5,7-8,10-14H2,1H3. The van der Waals surface area contributed by atoms with Crippen LogP contribution in [0.3, 0.4) is 0 Å². The van der Waals surface area contributed by atoms with E-state index in [1.54, 1.807) is 19.4 Å². The van der Waals surface area contributed by atoms with Crippen LogP contribution in [-0.2, 0) is 4.74 Å². The van der Waals surface area contributed by atoms with Crippen molar-refractivity contribution in [2.24, 2.45) is 0 Å². The number of hydrogen-bond acceptors (Lipinski definition) is 4. The van der Waals surface area contributed by atoms with Crippen molar-refractivity contribution in [1.29, 1.82) is 0 Å². The highest BCUT2D eigenvalue weighted by molar-refractivity contribution is 5.92. The average Bonchev–Trinajstić information content (AvgIpc) is 2.94. The van der Waals surface area contributed by atoms with Crippen molar-refractivity contribution < 1.29 is 9.53 Å². The molecule has 1 aromatic rings. The van der Waals surface area contributed by atoms with Crippen molar-refractivity contribution in [1.82, 2.24) is 14.8 Å². The van der Waals surface area contributed by atoms with Gasteiger partial charge in [0.05, 0.1) is 6.61 Å². The van der Waals surface area contributed by atoms with Crippen LogP contribution in [0.1, 0.15) is 36.2 Å². The monoisotopic (exact) mass is 303 g/mol. The molecule has 2 fully saturated rings. The van der Waals surface area contributed by atoms with Crippen LogP contribution in [0.15, 0.2) is 24.4 Å². The Bertz CT molecular complexity index is 508. The molecule has 0 radical (unpaired) electrons. The van der Waals surface area contributed by atoms with Gasteiger partial charge in [-0.1, -0.05) is 6.07 Å². The van der Waals surface area contributed by atoms with E-state index in [9.17, 15) is 4.79 Å². The van der Waals surface area contributed by atoms with Crippen molar-refractivity contribution in [3.8, 4) is 0 Å². The molecule has 1 unspecified atom stereocenters. The van der Waals surface area contributed by atoms with E-state index in [-0.39, 0.29) is 11.4 Å². The highest BCUT2D eigenvalue weighted by atomic mass is 16.5. The van der Waals surface area contributed by atoms with Gasteiger partial charge >= 0.3 is 0 Å². The van der Waals surface area contributed by atoms with Gasteiger partial charge < -0.3 is 9.64 Å². The molecular formula is C17H25N3O2. The van der Waals surface area contributed by atoms with Gasteiger partial charge in [0.2, 0.25) is 0 Å². The Hall–Kier alpha value is -1.46. The van der Waals surface area contributed by atoms with Gasteiger partial charge in [0.25, 0.3) is 5.91 Å². The Morgan fingerprint density at radius 2 is 2.14 bits per heavy atom. The summed E-state index contributed by atoms with van der Waals surface area (Å²) in [5.74, 6) is 0.0678. The molecule has 5 nitrogen and oxygen atoms in total. The lowest BCUT2D eigenvalue weighted by Crippen LogP contribution is -2.57. The Morgan fingerprint density at radius 1 is 1.32 bits per heavy atom. The third-order valence-corrected chi connectivity index (χ3v) is 5.03. The van der Waals surface area contributed by atoms with Crippen molar-refractivity contribution in [2.45, 2.75) is 31.2 Å². The first-order chi connectivity index (χ1) is 10.7. The number of hydrogen-bond donors (Lipinski definition) is 0. The molecule has 2 saturated heterocycles. The van der Waals surface area contributed by atoms with Crippen LogP contribution in [0.4, 0.5) is 0 Å². The maximum absolute atomic E-state index is 12.7. The van der Waals surface area contributed by atoms with Crippen LogP contribution < -0.4 is 0 Å². The normalized spacial score (nSPS) is 25.8. The molecule has 3 heterocycles. The molecule has 1 spiro atoms. The summed E-state index contributed by atoms with van der Waals surface area (Å²) in [6, 6.07) is 5.53. The summed E-state index contributed by atoms with van der Waals surface area (Å²) < 4.78 is 5.25. The maximum atomic E-state index is 12.7. The first-order valence-electron chi connectivity index (χ1n) is 8.19. The molecule has 3 rings (SSSR count). The summed E-state index contributed by atoms with van der Waals surface area (Å²) in [5, 5.41) is 0. The molecule has 2 aliphatic rings. The van der Waals surface area contributed by atoms with Crippen LogP contribution in [0, 0.1) is 0 Å². The molecule has 1 aromatic heterocycles. The number of ether oxygens (including phenoxy) is 1. The van der Waals surface area contributed by atoms with Gasteiger partial charge in [0.15, 0.2) is 0 Å². The molecule has 0 aromatic carbocycles. The van der Waals surface area contributed by atoms with Crippen LogP contribution in [-0.4, -0.2) is 66.1 Å². The zero-order valence-corrected chi connectivity index (χ0v) is 13.3. The number of piperidine rings is 1. The number of methoxy groups -OCH3 is 1. The lowest BCUT2D eigenvalue weighted by atomic mass is 9.86. The predicted molar refractivity (Wildman–Crippen MR) is 84.8 cm³/mol. The summed E-state index contributed by atoms with van der Waals surface area (Å²) in [5.41, 5.74) is 0.710. The van der Waals surface area contributed by atoms with Gasteiger partial charge in [-0.2, -0.15) is 0 Å². The molecule has 1 amide bonds. The van der Waals surface area contributed by atoms with E-state index in [1.807, 2.05) is 17.0 Å². The van der Waals surface area contributed by atoms with E-state index in [4.69, 9.17) is 4.74 Å². The summed E-state index contributed by atoms with van der Waals surface area (Å²) in [4.78, 5) is 21.4. The molecule has 0 saturated carbocycles. The number of nitrogens with zero attached hydrogens (tertiary/aromatic N) is 3. The third kappa shape index (κ3) is 3.01. The summed E-state index contributed by atoms with van der Waals surface area (Å²) in [6.07, 6.45) is 6.34. The highest BCUT2D eigenvalue weighted by Gasteiger charge is 2.44. The fourth-order valence-electron chi connectivity index (χ4n) is 3.94.